The molecule has 7 aliphatic rings. The summed E-state index contributed by atoms with van der Waals surface area (Å²) in [7, 11) is 1.65. The lowest BCUT2D eigenvalue weighted by atomic mass is 9.73. The van der Waals surface area contributed by atoms with Crippen LogP contribution in [0.3, 0.4) is 0 Å². The molecule has 3 aliphatic carbocycles. The van der Waals surface area contributed by atoms with Gasteiger partial charge >= 0.3 is 6.09 Å². The second kappa shape index (κ2) is 13.6. The average molecular weight is 787 g/mol. The number of nitrogens with one attached hydrogen (secondary N) is 3. The zero-order chi connectivity index (χ0) is 40.1. The molecule has 2 spiro atoms. The summed E-state index contributed by atoms with van der Waals surface area (Å²) in [6, 6.07) is 13.4. The van der Waals surface area contributed by atoms with Crippen LogP contribution in [0.25, 0.3) is 11.9 Å². The number of amides is 3. The van der Waals surface area contributed by atoms with Crippen molar-refractivity contribution < 1.29 is 19.1 Å². The summed E-state index contributed by atoms with van der Waals surface area (Å²) < 4.78 is 8.01. The Labute approximate surface area is 341 Å². The molecule has 5 heterocycles. The van der Waals surface area contributed by atoms with Crippen LogP contribution in [0.2, 0.25) is 0 Å². The lowest BCUT2D eigenvalue weighted by Gasteiger charge is -2.49. The minimum Gasteiger partial charge on any atom is -0.444 e. The number of hydrogen-bond donors (Lipinski definition) is 3. The molecule has 1 unspecified atom stereocenters. The maximum Gasteiger partial charge on any atom is 0.410 e. The van der Waals surface area contributed by atoms with Crippen molar-refractivity contribution in [2.45, 2.75) is 127 Å². The molecule has 3 N–H and O–H groups in total. The summed E-state index contributed by atoms with van der Waals surface area (Å²) in [5.74, 6) is 0.911. The molecular formula is C46H58N8O4. The van der Waals surface area contributed by atoms with Gasteiger partial charge in [-0.3, -0.25) is 14.5 Å². The maximum atomic E-state index is 15.1. The Morgan fingerprint density at radius 1 is 0.948 bits per heavy atom. The predicted octanol–water partition coefficient (Wildman–Crippen LogP) is 5.21. The van der Waals surface area contributed by atoms with Crippen molar-refractivity contribution in [1.29, 1.82) is 0 Å². The number of ether oxygens (including phenoxy) is 1. The molecule has 1 atom stereocenters. The van der Waals surface area contributed by atoms with Gasteiger partial charge in [0, 0.05) is 61.7 Å². The monoisotopic (exact) mass is 786 g/mol. The second-order valence-corrected chi connectivity index (χ2v) is 19.4. The van der Waals surface area contributed by atoms with Crippen molar-refractivity contribution in [2.24, 2.45) is 5.41 Å². The molecule has 1 aromatic heterocycles. The number of carbonyl (C=O) groups excluding carboxylic acids is 3. The standard InChI is InChI=1S/C46H58N8O4/c1-28-7-9-30(22-34(28)41(55)47-5)49-40-39-37(48-27-53(39)31-10-11-31)25-36(50-40)29-8-12-35-38(21-29)54(33-23-32(24-33)52-18-6-13-45(26-52)14-15-45)42(56)46(35)16-19-51(20-17-46)43(57)58-44(2,3)4/h7-9,12,21-22,25,27,31-33,36,49-50H,6,10-11,13-20,23-24,26H2,1-5H3,(H,47,55). The smallest absolute Gasteiger partial charge is 0.410 e. The lowest BCUT2D eigenvalue weighted by Crippen LogP contribution is -2.59. The predicted molar refractivity (Wildman–Crippen MR) is 224 cm³/mol. The van der Waals surface area contributed by atoms with Gasteiger partial charge in [0.05, 0.1) is 23.1 Å². The Morgan fingerprint density at radius 2 is 1.72 bits per heavy atom. The normalized spacial score (nSPS) is 25.7. The molecule has 0 bridgehead atoms. The van der Waals surface area contributed by atoms with Crippen molar-refractivity contribution in [3.8, 4) is 0 Å². The zero-order valence-electron chi connectivity index (χ0n) is 34.7. The van der Waals surface area contributed by atoms with E-state index in [1.165, 1.54) is 38.8 Å². The molecule has 3 amide bonds. The van der Waals surface area contributed by atoms with Crippen LogP contribution < -0.4 is 31.5 Å². The molecule has 5 fully saturated rings. The van der Waals surface area contributed by atoms with E-state index >= 15 is 4.79 Å². The van der Waals surface area contributed by atoms with Gasteiger partial charge in [-0.2, -0.15) is 0 Å². The summed E-state index contributed by atoms with van der Waals surface area (Å²) in [5.41, 5.74) is 4.82. The fourth-order valence-electron chi connectivity index (χ4n) is 10.6. The zero-order valence-corrected chi connectivity index (χ0v) is 34.7. The number of rotatable bonds is 7. The molecular weight excluding hydrogens is 729 g/mol. The molecule has 0 radical (unpaired) electrons. The molecule has 4 aliphatic heterocycles. The maximum absolute atomic E-state index is 15.1. The number of fused-ring (bicyclic) bond motifs is 3. The minimum absolute atomic E-state index is 0.122. The van der Waals surface area contributed by atoms with Gasteiger partial charge in [0.2, 0.25) is 5.91 Å². The van der Waals surface area contributed by atoms with Gasteiger partial charge in [0.25, 0.3) is 5.91 Å². The first-order chi connectivity index (χ1) is 27.8. The number of nitrogens with zero attached hydrogens (tertiary/aromatic N) is 5. The summed E-state index contributed by atoms with van der Waals surface area (Å²) in [6.45, 7) is 11.0. The molecule has 12 nitrogen and oxygen atoms in total. The van der Waals surface area contributed by atoms with Crippen molar-refractivity contribution in [1.82, 2.24) is 30.0 Å². The summed E-state index contributed by atoms with van der Waals surface area (Å²) in [5, 5.41) is 12.2. The number of anilines is 2. The molecule has 10 rings (SSSR count). The first-order valence-electron chi connectivity index (χ1n) is 21.7. The third-order valence-electron chi connectivity index (χ3n) is 14.3. The van der Waals surface area contributed by atoms with Gasteiger partial charge in [0.15, 0.2) is 0 Å². The van der Waals surface area contributed by atoms with Crippen molar-refractivity contribution in [3.05, 3.63) is 75.7 Å². The molecule has 3 aromatic rings. The van der Waals surface area contributed by atoms with Crippen LogP contribution in [0.5, 0.6) is 0 Å². The summed E-state index contributed by atoms with van der Waals surface area (Å²) >= 11 is 0. The Kier molecular flexibility index (Phi) is 8.78. The SMILES string of the molecule is CNC(=O)c1cc(NC2=c3c(ncn3C3CC3)=CC(c3ccc4c(c3)N(C3CC(N5CCCC6(CC6)C5)C3)C(=O)C43CCN(C(=O)OC(C)(C)C)CC3)N2)ccc1C. The van der Waals surface area contributed by atoms with Crippen molar-refractivity contribution >= 4 is 41.2 Å². The van der Waals surface area contributed by atoms with E-state index in [1.807, 2.05) is 52.2 Å². The van der Waals surface area contributed by atoms with E-state index in [0.29, 0.717) is 49.0 Å². The second-order valence-electron chi connectivity index (χ2n) is 19.4. The van der Waals surface area contributed by atoms with E-state index in [2.05, 4.69) is 54.6 Å². The summed E-state index contributed by atoms with van der Waals surface area (Å²) in [6.07, 6.45) is 14.6. The number of benzene rings is 2. The first kappa shape index (κ1) is 37.4. The van der Waals surface area contributed by atoms with Crippen molar-refractivity contribution in [3.63, 3.8) is 0 Å². The van der Waals surface area contributed by atoms with Gasteiger partial charge < -0.3 is 35.1 Å². The van der Waals surface area contributed by atoms with Crippen LogP contribution in [0.4, 0.5) is 16.2 Å². The van der Waals surface area contributed by atoms with Crippen LogP contribution in [0.1, 0.15) is 124 Å². The Balaban J connectivity index is 0.974. The Hall–Kier alpha value is -4.84. The Bertz CT molecular complexity index is 2300. The molecule has 306 valence electrons. The largest absolute Gasteiger partial charge is 0.444 e. The van der Waals surface area contributed by atoms with E-state index in [-0.39, 0.29) is 30.0 Å². The third kappa shape index (κ3) is 6.46. The minimum atomic E-state index is -0.673. The van der Waals surface area contributed by atoms with Gasteiger partial charge in [-0.15, -0.1) is 0 Å². The molecule has 2 saturated heterocycles. The molecule has 3 saturated carbocycles. The van der Waals surface area contributed by atoms with Crippen molar-refractivity contribution in [2.75, 3.05) is 43.4 Å². The third-order valence-corrected chi connectivity index (χ3v) is 14.3. The molecule has 58 heavy (non-hydrogen) atoms. The van der Waals surface area contributed by atoms with E-state index in [0.717, 1.165) is 70.3 Å². The number of piperidine rings is 2. The highest BCUT2D eigenvalue weighted by molar-refractivity contribution is 6.09. The van der Waals surface area contributed by atoms with Gasteiger partial charge in [-0.25, -0.2) is 9.78 Å². The number of hydrogen-bond acceptors (Lipinski definition) is 8. The number of aryl methyl sites for hydroxylation is 1. The fourth-order valence-corrected chi connectivity index (χ4v) is 10.6. The van der Waals surface area contributed by atoms with Gasteiger partial charge in [-0.05, 0) is 145 Å². The number of carbonyl (C=O) groups is 3. The summed E-state index contributed by atoms with van der Waals surface area (Å²) in [4.78, 5) is 52.5. The number of imidazole rings is 1. The number of likely N-dealkylation sites (tertiary alicyclic amines) is 2. The molecule has 12 heteroatoms. The molecule has 2 aromatic carbocycles. The highest BCUT2D eigenvalue weighted by Gasteiger charge is 2.57. The fraction of sp³-hybridized carbons (Fsp3) is 0.565. The van der Waals surface area contributed by atoms with Crippen LogP contribution in [0.15, 0.2) is 42.7 Å². The quantitative estimate of drug-likeness (QED) is 0.299. The highest BCUT2D eigenvalue weighted by Crippen LogP contribution is 2.55. The lowest BCUT2D eigenvalue weighted by molar-refractivity contribution is -0.126. The van der Waals surface area contributed by atoms with E-state index in [4.69, 9.17) is 9.72 Å². The topological polar surface area (TPSA) is 124 Å². The van der Waals surface area contributed by atoms with Gasteiger partial charge in [0.1, 0.15) is 16.8 Å². The Morgan fingerprint density at radius 3 is 2.43 bits per heavy atom. The van der Waals surface area contributed by atoms with E-state index < -0.39 is 11.0 Å². The highest BCUT2D eigenvalue weighted by atomic mass is 16.6. The van der Waals surface area contributed by atoms with E-state index in [9.17, 15) is 9.59 Å². The van der Waals surface area contributed by atoms with Crippen LogP contribution in [-0.2, 0) is 14.9 Å². The van der Waals surface area contributed by atoms with E-state index in [1.54, 1.807) is 11.9 Å². The average Bonchev–Trinajstić information content (AvgIpc) is 4.12. The first-order valence-corrected chi connectivity index (χ1v) is 21.7. The van der Waals surface area contributed by atoms with Crippen LogP contribution >= 0.6 is 0 Å². The van der Waals surface area contributed by atoms with Crippen LogP contribution in [-0.4, -0.2) is 88.2 Å². The van der Waals surface area contributed by atoms with Gasteiger partial charge in [-0.1, -0.05) is 18.2 Å². The van der Waals surface area contributed by atoms with Crippen LogP contribution in [0, 0.1) is 12.3 Å². The number of aromatic nitrogens is 2.